The van der Waals surface area contributed by atoms with Crippen molar-refractivity contribution < 1.29 is 58.8 Å². The number of anilines is 4. The fourth-order valence-electron chi connectivity index (χ4n) is 15.8. The van der Waals surface area contributed by atoms with E-state index < -0.39 is 52.1 Å². The van der Waals surface area contributed by atoms with Crippen LogP contribution in [-0.2, 0) is 0 Å². The lowest BCUT2D eigenvalue weighted by Crippen LogP contribution is -2.47. The van der Waals surface area contributed by atoms with Gasteiger partial charge in [0, 0.05) is 128 Å². The van der Waals surface area contributed by atoms with Crippen molar-refractivity contribution in [2.75, 3.05) is 67.1 Å². The predicted octanol–water partition coefficient (Wildman–Crippen LogP) is 16.8. The highest BCUT2D eigenvalue weighted by atomic mass is 32.1. The van der Waals surface area contributed by atoms with E-state index in [2.05, 4.69) is 152 Å². The van der Waals surface area contributed by atoms with Gasteiger partial charge in [-0.3, -0.25) is 38.4 Å². The molecule has 0 aromatic carbocycles. The molecule has 137 heavy (non-hydrogen) atoms. The molecule has 8 amide bonds. The number of hydrogen-bond acceptors (Lipinski definition) is 28. The summed E-state index contributed by atoms with van der Waals surface area (Å²) in [6.45, 7) is 57.6. The van der Waals surface area contributed by atoms with Gasteiger partial charge in [0.1, 0.15) is 46.0 Å². The maximum absolute atomic E-state index is 13.5. The van der Waals surface area contributed by atoms with Gasteiger partial charge in [-0.15, -0.1) is 45.3 Å². The molecule has 748 valence electrons. The monoisotopic (exact) mass is 1960 g/mol. The van der Waals surface area contributed by atoms with Gasteiger partial charge < -0.3 is 82.6 Å². The van der Waals surface area contributed by atoms with Crippen LogP contribution in [0.5, 0.6) is 0 Å². The molecule has 5 fully saturated rings. The molecule has 4 saturated heterocycles. The minimum atomic E-state index is -1.09. The van der Waals surface area contributed by atoms with Crippen molar-refractivity contribution in [2.24, 2.45) is 11.3 Å². The zero-order valence-electron chi connectivity index (χ0n) is 85.5. The van der Waals surface area contributed by atoms with Gasteiger partial charge in [-0.05, 0) is 302 Å². The molecule has 12 N–H and O–H groups in total. The average molecular weight is 1960 g/mol. The molecule has 0 bridgehead atoms. The Labute approximate surface area is 824 Å². The van der Waals surface area contributed by atoms with Crippen LogP contribution in [0.1, 0.15) is 340 Å². The quantitative estimate of drug-likeness (QED) is 0.0217. The van der Waals surface area contributed by atoms with Gasteiger partial charge in [-0.1, -0.05) is 20.8 Å². The fraction of sp³-hybridized carbons (Fsp3) is 0.604. The smallest absolute Gasteiger partial charge is 0.280 e. The number of thiazole rings is 4. The van der Waals surface area contributed by atoms with Gasteiger partial charge in [0.25, 0.3) is 47.3 Å². The predicted molar refractivity (Wildman–Crippen MR) is 548 cm³/mol. The summed E-state index contributed by atoms with van der Waals surface area (Å²) in [5.74, 6) is 1.59. The summed E-state index contributed by atoms with van der Waals surface area (Å²) in [6, 6.07) is 7.81. The second-order valence-electron chi connectivity index (χ2n) is 43.2. The van der Waals surface area contributed by atoms with Gasteiger partial charge in [-0.25, -0.2) is 39.9 Å². The van der Waals surface area contributed by atoms with Crippen LogP contribution in [0.2, 0.25) is 0 Å². The van der Waals surface area contributed by atoms with Crippen LogP contribution in [0.15, 0.2) is 49.1 Å². The van der Waals surface area contributed by atoms with Crippen molar-refractivity contribution in [3.63, 3.8) is 0 Å². The minimum absolute atomic E-state index is 0.112. The number of aliphatic hydroxyl groups excluding tert-OH is 1. The maximum Gasteiger partial charge on any atom is 0.280 e. The zero-order valence-corrected chi connectivity index (χ0v) is 88.8. The van der Waals surface area contributed by atoms with Crippen LogP contribution in [-0.4, -0.2) is 249 Å². The van der Waals surface area contributed by atoms with Gasteiger partial charge in [0.05, 0.1) is 60.5 Å². The first-order valence-corrected chi connectivity index (χ1v) is 51.2. The number of nitrogens with one attached hydrogen (secondary N) is 8. The third-order valence-corrected chi connectivity index (χ3v) is 29.3. The summed E-state index contributed by atoms with van der Waals surface area (Å²) in [5, 5.41) is 65.5. The Hall–Kier alpha value is -10.1. The number of aryl methyl sites for hydroxylation is 4. The minimum Gasteiger partial charge on any atom is -0.394 e. The normalized spacial score (nSPS) is 17.7. The number of nitrogens with zero attached hydrogens (tertiary/aromatic N) is 12. The molecule has 1 saturated carbocycles. The molecular formula is C101H148N20O12S4. The highest BCUT2D eigenvalue weighted by molar-refractivity contribution is 7.18. The first-order valence-electron chi connectivity index (χ1n) is 47.9. The van der Waals surface area contributed by atoms with E-state index in [4.69, 9.17) is 0 Å². The molecule has 1 aliphatic carbocycles. The first-order chi connectivity index (χ1) is 63.7. The van der Waals surface area contributed by atoms with E-state index in [0.29, 0.717) is 82.0 Å². The fourth-order valence-corrected chi connectivity index (χ4v) is 20.0. The van der Waals surface area contributed by atoms with E-state index in [1.807, 2.05) is 99.3 Å². The Bertz CT molecular complexity index is 5640. The van der Waals surface area contributed by atoms with E-state index in [9.17, 15) is 58.8 Å². The largest absolute Gasteiger partial charge is 0.394 e. The van der Waals surface area contributed by atoms with Crippen LogP contribution in [0.3, 0.4) is 0 Å². The summed E-state index contributed by atoms with van der Waals surface area (Å²) >= 11 is 4.77. The Morgan fingerprint density at radius 1 is 0.423 bits per heavy atom. The van der Waals surface area contributed by atoms with Crippen molar-refractivity contribution in [1.82, 2.24) is 80.7 Å². The number of aromatic nitrogens is 8. The molecule has 32 nitrogen and oxygen atoms in total. The number of pyridine rings is 4. The second-order valence-corrected chi connectivity index (χ2v) is 47.2. The molecule has 0 unspecified atom stereocenters. The average Bonchev–Trinajstić information content (AvgIpc) is 1.65. The summed E-state index contributed by atoms with van der Waals surface area (Å²) < 4.78 is 0. The van der Waals surface area contributed by atoms with Crippen LogP contribution in [0, 0.1) is 39.0 Å². The van der Waals surface area contributed by atoms with Gasteiger partial charge in [0.15, 0.2) is 20.0 Å². The summed E-state index contributed by atoms with van der Waals surface area (Å²) in [5.41, 5.74) is 4.11. The number of hydrogen-bond donors (Lipinski definition) is 12. The molecule has 13 rings (SSSR count). The third kappa shape index (κ3) is 29.5. The van der Waals surface area contributed by atoms with Crippen molar-refractivity contribution in [3.05, 3.63) is 114 Å². The van der Waals surface area contributed by atoms with E-state index in [-0.39, 0.29) is 108 Å². The Balaban J connectivity index is 0.000000189. The van der Waals surface area contributed by atoms with Gasteiger partial charge >= 0.3 is 0 Å². The zero-order chi connectivity index (χ0) is 101. The van der Waals surface area contributed by atoms with Crippen LogP contribution in [0.4, 0.5) is 23.3 Å². The van der Waals surface area contributed by atoms with Crippen molar-refractivity contribution >= 4 is 116 Å². The number of carbonyl (C=O) groups excluding carboxylic acids is 8. The molecule has 0 radical (unpaired) electrons. The van der Waals surface area contributed by atoms with Crippen LogP contribution < -0.4 is 42.5 Å². The topological polar surface area (TPSA) is 430 Å². The van der Waals surface area contributed by atoms with Gasteiger partial charge in [0.2, 0.25) is 0 Å². The van der Waals surface area contributed by atoms with E-state index >= 15 is 0 Å². The van der Waals surface area contributed by atoms with E-state index in [1.165, 1.54) is 58.2 Å². The van der Waals surface area contributed by atoms with Crippen molar-refractivity contribution in [1.29, 1.82) is 0 Å². The Kier molecular flexibility index (Phi) is 35.5. The molecule has 8 aromatic rings. The van der Waals surface area contributed by atoms with E-state index in [0.717, 1.165) is 126 Å². The van der Waals surface area contributed by atoms with Crippen molar-refractivity contribution in [3.8, 4) is 41.8 Å². The number of amides is 8. The molecule has 4 aliphatic heterocycles. The Morgan fingerprint density at radius 3 is 1.00 bits per heavy atom. The second kappa shape index (κ2) is 44.6. The standard InChI is InChI=1S/C26H37N5O3S.C26H39N5O3S.C25H37N5O3S.C24H35N5O3S/c1-14-12-20(28-16(3)18-9-10-18)27-13-19(14)22-21(25(33)31-11-7-8-15(31)2)30-24(35-22)23(32)29-17(4)26(5,6)34;1-15-12-19(28-14-25(4,5)6)27-13-18(15)21-20(24(33)31-11-9-10-16(31)2)30-23(35-21)22(32)29-17(3)26(7,8)34;1-15-13-18(29-24(3,4)5)27-14-17(15)20-19(23(32)30-12-8-9-16(30)2)28-22(34-20)21(31)26-11-10-25(6,7)33;1-14-11-17(27-23(3,4)5)25-12-16(14)19-18(22(32)29-10-8-9-15(29)2)26-21(33-19)20(31)28-24(6,7)13-30/h12-13,15-18,34H,7-11H2,1-6H3,(H,27,28)(H,29,32);12-13,16-17,34H,9-11,14H2,1-8H3,(H,27,28)(H,29,32);13-14,16,33H,8-12H2,1-7H3,(H,26,31)(H,27,29);11-12,15,30H,8-10,13H2,1-7H3,(H,25,27)(H,28,31)/t15-,16-,17-;16-,17+;16-;15-/m0000/s1. The number of carbonyl (C=O) groups is 8. The molecule has 12 heterocycles. The molecule has 5 aliphatic rings. The summed E-state index contributed by atoms with van der Waals surface area (Å²) in [6.07, 6.45) is 17.6. The third-order valence-electron chi connectivity index (χ3n) is 25.0. The van der Waals surface area contributed by atoms with Crippen molar-refractivity contribution in [2.45, 2.75) is 340 Å². The van der Waals surface area contributed by atoms with Gasteiger partial charge in [-0.2, -0.15) is 0 Å². The lowest BCUT2D eigenvalue weighted by molar-refractivity contribution is 0.0408. The van der Waals surface area contributed by atoms with E-state index in [1.54, 1.807) is 94.0 Å². The van der Waals surface area contributed by atoms with Crippen LogP contribution >= 0.6 is 45.3 Å². The molecule has 0 spiro atoms. The molecule has 36 heteroatoms. The maximum atomic E-state index is 13.5. The lowest BCUT2D eigenvalue weighted by atomic mass is 9.97. The summed E-state index contributed by atoms with van der Waals surface area (Å²) in [7, 11) is 0. The first kappa shape index (κ1) is 109. The highest BCUT2D eigenvalue weighted by Crippen LogP contribution is 2.42. The molecule has 8 aromatic heterocycles. The molecular weight excluding hydrogens is 1810 g/mol. The number of aliphatic hydroxyl groups is 4. The number of likely N-dealkylation sites (tertiary alicyclic amines) is 4. The SMILES string of the molecule is Cc1cc(NC(C)(C)C)ncc1-c1sc(C(=O)NC(C)(C)CO)nc1C(=O)N1CCC[C@@H]1C.Cc1cc(NC(C)(C)C)ncc1-c1sc(C(=O)NCCC(C)(C)O)nc1C(=O)N1CCC[C@@H]1C.Cc1cc(NCC(C)(C)C)ncc1-c1sc(C(=O)N[C@H](C)C(C)(C)O)nc1C(=O)N1CCC[C@@H]1C.Cc1cc(N[C@@H](C)C2CC2)ncc1-c1sc(C(=O)N[C@@H](C)C(C)(C)O)nc1C(=O)N1CCC[C@@H]1C. The lowest BCUT2D eigenvalue weighted by Gasteiger charge is -2.26. The highest BCUT2D eigenvalue weighted by Gasteiger charge is 2.40. The summed E-state index contributed by atoms with van der Waals surface area (Å²) in [4.78, 5) is 152. The Morgan fingerprint density at radius 2 is 0.723 bits per heavy atom. The van der Waals surface area contributed by atoms with Crippen LogP contribution in [0.25, 0.3) is 41.8 Å². The number of rotatable bonds is 28. The molecule has 7 atom stereocenters.